The van der Waals surface area contributed by atoms with E-state index in [0.29, 0.717) is 18.9 Å². The van der Waals surface area contributed by atoms with Gasteiger partial charge in [-0.3, -0.25) is 14.5 Å². The second kappa shape index (κ2) is 5.83. The summed E-state index contributed by atoms with van der Waals surface area (Å²) in [5, 5.41) is 3.31. The highest BCUT2D eigenvalue weighted by molar-refractivity contribution is 6.05. The molecule has 0 aromatic heterocycles. The number of hydrogen-bond acceptors (Lipinski definition) is 3. The molecule has 2 fully saturated rings. The lowest BCUT2D eigenvalue weighted by atomic mass is 9.98. The first-order valence-corrected chi connectivity index (χ1v) is 7.21. The molecule has 1 saturated carbocycles. The maximum absolute atomic E-state index is 12.0. The first-order chi connectivity index (χ1) is 8.63. The summed E-state index contributed by atoms with van der Waals surface area (Å²) in [7, 11) is 0. The third kappa shape index (κ3) is 2.74. The standard InChI is InChI=1S/C14H24N2O2/c1-3-7-16-13(17)8-12(14(16)18)15-9-11-6-4-5-10(11)2/h10-12,15H,3-9H2,1-2H3. The molecule has 3 unspecified atom stereocenters. The number of hydrogen-bond donors (Lipinski definition) is 1. The van der Waals surface area contributed by atoms with Crippen LogP contribution in [-0.2, 0) is 9.59 Å². The number of carbonyl (C=O) groups excluding carboxylic acids is 2. The number of rotatable bonds is 5. The topological polar surface area (TPSA) is 49.4 Å². The zero-order valence-corrected chi connectivity index (χ0v) is 11.4. The molecule has 0 aromatic carbocycles. The first kappa shape index (κ1) is 13.5. The molecular formula is C14H24N2O2. The Kier molecular flexibility index (Phi) is 4.38. The first-order valence-electron chi connectivity index (χ1n) is 7.21. The van der Waals surface area contributed by atoms with Crippen LogP contribution < -0.4 is 5.32 Å². The normalized spacial score (nSPS) is 32.6. The Morgan fingerprint density at radius 3 is 2.72 bits per heavy atom. The van der Waals surface area contributed by atoms with Crippen LogP contribution in [0.25, 0.3) is 0 Å². The van der Waals surface area contributed by atoms with Gasteiger partial charge in [0.25, 0.3) is 0 Å². The Labute approximate surface area is 109 Å². The molecule has 2 aliphatic rings. The summed E-state index contributed by atoms with van der Waals surface area (Å²) in [4.78, 5) is 25.2. The summed E-state index contributed by atoms with van der Waals surface area (Å²) in [5.41, 5.74) is 0. The van der Waals surface area contributed by atoms with Gasteiger partial charge in [-0.2, -0.15) is 0 Å². The second-order valence-electron chi connectivity index (χ2n) is 5.72. The highest BCUT2D eigenvalue weighted by atomic mass is 16.2. The van der Waals surface area contributed by atoms with Crippen molar-refractivity contribution in [1.29, 1.82) is 0 Å². The quantitative estimate of drug-likeness (QED) is 0.755. The van der Waals surface area contributed by atoms with Gasteiger partial charge in [-0.25, -0.2) is 0 Å². The molecule has 2 rings (SSSR count). The van der Waals surface area contributed by atoms with Crippen LogP contribution in [0.4, 0.5) is 0 Å². The van der Waals surface area contributed by atoms with Crippen molar-refractivity contribution in [1.82, 2.24) is 10.2 Å². The van der Waals surface area contributed by atoms with Crippen LogP contribution in [-0.4, -0.2) is 35.8 Å². The second-order valence-corrected chi connectivity index (χ2v) is 5.72. The molecule has 3 atom stereocenters. The number of amides is 2. The zero-order chi connectivity index (χ0) is 13.1. The predicted molar refractivity (Wildman–Crippen MR) is 69.9 cm³/mol. The lowest BCUT2D eigenvalue weighted by Crippen LogP contribution is -2.41. The summed E-state index contributed by atoms with van der Waals surface area (Å²) in [6.07, 6.45) is 5.03. The van der Waals surface area contributed by atoms with Crippen LogP contribution in [0.3, 0.4) is 0 Å². The van der Waals surface area contributed by atoms with Crippen LogP contribution in [0.5, 0.6) is 0 Å². The van der Waals surface area contributed by atoms with Crippen LogP contribution in [0.2, 0.25) is 0 Å². The van der Waals surface area contributed by atoms with Gasteiger partial charge in [0.05, 0.1) is 12.5 Å². The van der Waals surface area contributed by atoms with E-state index in [4.69, 9.17) is 0 Å². The SMILES string of the molecule is CCCN1C(=O)CC(NCC2CCCC2C)C1=O. The minimum Gasteiger partial charge on any atom is -0.305 e. The van der Waals surface area contributed by atoms with Crippen molar-refractivity contribution in [2.24, 2.45) is 11.8 Å². The predicted octanol–water partition coefficient (Wildman–Crippen LogP) is 1.55. The molecule has 4 heteroatoms. The summed E-state index contributed by atoms with van der Waals surface area (Å²) in [6.45, 7) is 5.71. The van der Waals surface area contributed by atoms with Crippen molar-refractivity contribution >= 4 is 11.8 Å². The van der Waals surface area contributed by atoms with Crippen LogP contribution in [0.1, 0.15) is 46.0 Å². The lowest BCUT2D eigenvalue weighted by molar-refractivity contribution is -0.138. The largest absolute Gasteiger partial charge is 0.305 e. The molecule has 102 valence electrons. The van der Waals surface area contributed by atoms with E-state index < -0.39 is 0 Å². The maximum Gasteiger partial charge on any atom is 0.246 e. The van der Waals surface area contributed by atoms with Crippen molar-refractivity contribution in [3.63, 3.8) is 0 Å². The van der Waals surface area contributed by atoms with E-state index in [1.54, 1.807) is 0 Å². The maximum atomic E-state index is 12.0. The minimum atomic E-state index is -0.267. The van der Waals surface area contributed by atoms with Gasteiger partial charge in [-0.1, -0.05) is 26.7 Å². The number of nitrogens with one attached hydrogen (secondary N) is 1. The highest BCUT2D eigenvalue weighted by Crippen LogP contribution is 2.30. The van der Waals surface area contributed by atoms with Gasteiger partial charge in [0, 0.05) is 6.54 Å². The Morgan fingerprint density at radius 1 is 1.33 bits per heavy atom. The molecule has 4 nitrogen and oxygen atoms in total. The number of likely N-dealkylation sites (tertiary alicyclic amines) is 1. The Morgan fingerprint density at radius 2 is 2.11 bits per heavy atom. The molecule has 1 aliphatic heterocycles. The summed E-state index contributed by atoms with van der Waals surface area (Å²) < 4.78 is 0. The molecule has 1 heterocycles. The average molecular weight is 252 g/mol. The van der Waals surface area contributed by atoms with Gasteiger partial charge >= 0.3 is 0 Å². The fraction of sp³-hybridized carbons (Fsp3) is 0.857. The van der Waals surface area contributed by atoms with Crippen molar-refractivity contribution < 1.29 is 9.59 Å². The van der Waals surface area contributed by atoms with E-state index in [1.807, 2.05) is 6.92 Å². The fourth-order valence-electron chi connectivity index (χ4n) is 3.12. The van der Waals surface area contributed by atoms with E-state index in [1.165, 1.54) is 24.2 Å². The third-order valence-corrected chi connectivity index (χ3v) is 4.36. The van der Waals surface area contributed by atoms with Gasteiger partial charge in [0.15, 0.2) is 0 Å². The molecule has 0 spiro atoms. The Balaban J connectivity index is 1.83. The lowest BCUT2D eigenvalue weighted by Gasteiger charge is -2.19. The molecule has 2 amide bonds. The highest BCUT2D eigenvalue weighted by Gasteiger charge is 2.38. The molecular weight excluding hydrogens is 228 g/mol. The van der Waals surface area contributed by atoms with Crippen molar-refractivity contribution in [2.45, 2.75) is 52.0 Å². The fourth-order valence-corrected chi connectivity index (χ4v) is 3.12. The van der Waals surface area contributed by atoms with Crippen LogP contribution in [0, 0.1) is 11.8 Å². The molecule has 1 saturated heterocycles. The van der Waals surface area contributed by atoms with E-state index in [-0.39, 0.29) is 17.9 Å². The number of nitrogens with zero attached hydrogens (tertiary/aromatic N) is 1. The number of carbonyl (C=O) groups is 2. The van der Waals surface area contributed by atoms with Crippen LogP contribution >= 0.6 is 0 Å². The average Bonchev–Trinajstić information content (AvgIpc) is 2.86. The van der Waals surface area contributed by atoms with E-state index >= 15 is 0 Å². The van der Waals surface area contributed by atoms with E-state index in [9.17, 15) is 9.59 Å². The molecule has 0 bridgehead atoms. The zero-order valence-electron chi connectivity index (χ0n) is 11.4. The molecule has 0 radical (unpaired) electrons. The summed E-state index contributed by atoms with van der Waals surface area (Å²) >= 11 is 0. The van der Waals surface area contributed by atoms with E-state index in [0.717, 1.165) is 18.9 Å². The minimum absolute atomic E-state index is 0.0150. The Bertz CT molecular complexity index is 330. The van der Waals surface area contributed by atoms with Gasteiger partial charge in [0.2, 0.25) is 11.8 Å². The molecule has 18 heavy (non-hydrogen) atoms. The number of imide groups is 1. The Hall–Kier alpha value is -0.900. The van der Waals surface area contributed by atoms with Gasteiger partial charge < -0.3 is 5.32 Å². The third-order valence-electron chi connectivity index (χ3n) is 4.36. The monoisotopic (exact) mass is 252 g/mol. The molecule has 1 N–H and O–H groups in total. The van der Waals surface area contributed by atoms with Crippen molar-refractivity contribution in [3.05, 3.63) is 0 Å². The van der Waals surface area contributed by atoms with Gasteiger partial charge in [-0.05, 0) is 31.2 Å². The summed E-state index contributed by atoms with van der Waals surface area (Å²) in [5.74, 6) is 1.39. The van der Waals surface area contributed by atoms with Crippen LogP contribution in [0.15, 0.2) is 0 Å². The van der Waals surface area contributed by atoms with Crippen molar-refractivity contribution in [2.75, 3.05) is 13.1 Å². The summed E-state index contributed by atoms with van der Waals surface area (Å²) in [6, 6.07) is -0.267. The van der Waals surface area contributed by atoms with E-state index in [2.05, 4.69) is 12.2 Å². The van der Waals surface area contributed by atoms with Crippen molar-refractivity contribution in [3.8, 4) is 0 Å². The smallest absolute Gasteiger partial charge is 0.246 e. The van der Waals surface area contributed by atoms with Gasteiger partial charge in [-0.15, -0.1) is 0 Å². The molecule has 0 aromatic rings. The molecule has 1 aliphatic carbocycles. The van der Waals surface area contributed by atoms with Gasteiger partial charge in [0.1, 0.15) is 0 Å².